The Hall–Kier alpha value is -1.77. The fourth-order valence-electron chi connectivity index (χ4n) is 2.32. The lowest BCUT2D eigenvalue weighted by molar-refractivity contribution is 0.00578. The van der Waals surface area contributed by atoms with Gasteiger partial charge < -0.3 is 13.7 Å². The number of fused-ring (bicyclic) bond motifs is 1. The van der Waals surface area contributed by atoms with Crippen LogP contribution in [0, 0.1) is 11.3 Å². The summed E-state index contributed by atoms with van der Waals surface area (Å²) < 4.78 is 17.6. The maximum absolute atomic E-state index is 9.14. The van der Waals surface area contributed by atoms with Gasteiger partial charge in [-0.15, -0.1) is 0 Å². The van der Waals surface area contributed by atoms with E-state index in [1.807, 2.05) is 33.8 Å². The first kappa shape index (κ1) is 13.2. The Labute approximate surface area is 118 Å². The minimum Gasteiger partial charge on any atom is -0.465 e. The zero-order valence-electron chi connectivity index (χ0n) is 12.1. The van der Waals surface area contributed by atoms with E-state index in [4.69, 9.17) is 19.0 Å². The van der Waals surface area contributed by atoms with Gasteiger partial charge in [-0.2, -0.15) is 5.26 Å². The number of furan rings is 1. The van der Waals surface area contributed by atoms with E-state index in [0.717, 1.165) is 10.8 Å². The number of nitrogens with zero attached hydrogens (tertiary/aromatic N) is 1. The number of hydrogen-bond acceptors (Lipinski definition) is 4. The minimum absolute atomic E-state index is 0.417. The van der Waals surface area contributed by atoms with Gasteiger partial charge in [0.25, 0.3) is 0 Å². The second-order valence-corrected chi connectivity index (χ2v) is 6.10. The lowest BCUT2D eigenvalue weighted by Gasteiger charge is -2.32. The predicted molar refractivity (Wildman–Crippen MR) is 76.6 cm³/mol. The van der Waals surface area contributed by atoms with Crippen LogP contribution in [0.2, 0.25) is 0 Å². The first-order valence-corrected chi connectivity index (χ1v) is 6.61. The molecule has 0 spiro atoms. The second kappa shape index (κ2) is 4.11. The van der Waals surface area contributed by atoms with Crippen LogP contribution in [-0.4, -0.2) is 18.3 Å². The molecule has 0 bridgehead atoms. The van der Waals surface area contributed by atoms with E-state index in [1.165, 1.54) is 0 Å². The van der Waals surface area contributed by atoms with Gasteiger partial charge in [-0.3, -0.25) is 0 Å². The predicted octanol–water partition coefficient (Wildman–Crippen LogP) is 2.60. The largest absolute Gasteiger partial charge is 0.498 e. The van der Waals surface area contributed by atoms with Crippen molar-refractivity contribution in [3.8, 4) is 6.07 Å². The van der Waals surface area contributed by atoms with Gasteiger partial charge in [0.2, 0.25) is 0 Å². The van der Waals surface area contributed by atoms with Crippen LogP contribution in [0.3, 0.4) is 0 Å². The average Bonchev–Trinajstić information content (AvgIpc) is 2.90. The van der Waals surface area contributed by atoms with Crippen LogP contribution in [0.4, 0.5) is 0 Å². The molecule has 0 N–H and O–H groups in total. The van der Waals surface area contributed by atoms with E-state index in [0.29, 0.717) is 11.1 Å². The zero-order chi connectivity index (χ0) is 14.5. The van der Waals surface area contributed by atoms with Crippen LogP contribution in [-0.2, 0) is 9.31 Å². The fourth-order valence-corrected chi connectivity index (χ4v) is 2.32. The van der Waals surface area contributed by atoms with Crippen molar-refractivity contribution in [1.29, 1.82) is 5.26 Å². The van der Waals surface area contributed by atoms with E-state index in [-0.39, 0.29) is 0 Å². The molecule has 2 heterocycles. The number of rotatable bonds is 1. The van der Waals surface area contributed by atoms with Gasteiger partial charge in [-0.1, -0.05) is 0 Å². The summed E-state index contributed by atoms with van der Waals surface area (Å²) in [4.78, 5) is 0. The first-order valence-electron chi connectivity index (χ1n) is 6.61. The monoisotopic (exact) mass is 269 g/mol. The molecule has 4 nitrogen and oxygen atoms in total. The Bertz CT molecular complexity index is 695. The molecule has 2 aromatic rings. The molecule has 1 aromatic heterocycles. The van der Waals surface area contributed by atoms with Crippen molar-refractivity contribution in [2.75, 3.05) is 0 Å². The van der Waals surface area contributed by atoms with Crippen molar-refractivity contribution >= 4 is 23.6 Å². The summed E-state index contributed by atoms with van der Waals surface area (Å²) in [5, 5.41) is 10.0. The summed E-state index contributed by atoms with van der Waals surface area (Å²) in [5.41, 5.74) is 1.21. The van der Waals surface area contributed by atoms with Crippen LogP contribution < -0.4 is 5.46 Å². The Morgan fingerprint density at radius 3 is 2.35 bits per heavy atom. The molecule has 1 fully saturated rings. The summed E-state index contributed by atoms with van der Waals surface area (Å²) in [5.74, 6) is 0. The minimum atomic E-state index is -0.526. The van der Waals surface area contributed by atoms with Crippen molar-refractivity contribution in [2.45, 2.75) is 38.9 Å². The highest BCUT2D eigenvalue weighted by Gasteiger charge is 2.52. The summed E-state index contributed by atoms with van der Waals surface area (Å²) in [6.07, 6.45) is 1.61. The maximum Gasteiger partial charge on any atom is 0.498 e. The molecule has 3 rings (SSSR count). The molecular weight excluding hydrogens is 253 g/mol. The third-order valence-electron chi connectivity index (χ3n) is 4.22. The summed E-state index contributed by atoms with van der Waals surface area (Å²) >= 11 is 0. The lowest BCUT2D eigenvalue weighted by atomic mass is 9.77. The third kappa shape index (κ3) is 1.84. The topological polar surface area (TPSA) is 55.4 Å². The molecule has 0 amide bonds. The molecule has 20 heavy (non-hydrogen) atoms. The number of benzene rings is 1. The van der Waals surface area contributed by atoms with Gasteiger partial charge in [-0.25, -0.2) is 0 Å². The molecule has 0 saturated carbocycles. The van der Waals surface area contributed by atoms with E-state index in [1.54, 1.807) is 18.4 Å². The van der Waals surface area contributed by atoms with Crippen molar-refractivity contribution in [1.82, 2.24) is 0 Å². The van der Waals surface area contributed by atoms with Gasteiger partial charge >= 0.3 is 7.12 Å². The smallest absolute Gasteiger partial charge is 0.465 e. The molecule has 1 aliphatic rings. The molecule has 0 unspecified atom stereocenters. The Morgan fingerprint density at radius 1 is 1.10 bits per heavy atom. The standard InChI is InChI=1S/C15H16BNO3/c1-14(2)15(3,4)20-16(19-14)12-8-10(9-17)7-11-5-6-18-13(11)12/h5-8H,1-4H3. The molecule has 0 atom stereocenters. The van der Waals surface area contributed by atoms with Crippen LogP contribution in [0.1, 0.15) is 33.3 Å². The average molecular weight is 269 g/mol. The van der Waals surface area contributed by atoms with E-state index < -0.39 is 18.3 Å². The van der Waals surface area contributed by atoms with E-state index >= 15 is 0 Å². The van der Waals surface area contributed by atoms with Crippen LogP contribution in [0.25, 0.3) is 11.0 Å². The van der Waals surface area contributed by atoms with Gasteiger partial charge in [0.15, 0.2) is 0 Å². The molecule has 5 heteroatoms. The second-order valence-electron chi connectivity index (χ2n) is 6.10. The highest BCUT2D eigenvalue weighted by Crippen LogP contribution is 2.37. The van der Waals surface area contributed by atoms with Crippen LogP contribution in [0.15, 0.2) is 28.9 Å². The number of nitriles is 1. The van der Waals surface area contributed by atoms with Gasteiger partial charge in [0, 0.05) is 10.8 Å². The van der Waals surface area contributed by atoms with Gasteiger partial charge in [0.05, 0.1) is 29.1 Å². The SMILES string of the molecule is CC1(C)OB(c2cc(C#N)cc3ccoc23)OC1(C)C. The van der Waals surface area contributed by atoms with Crippen molar-refractivity contribution in [2.24, 2.45) is 0 Å². The number of hydrogen-bond donors (Lipinski definition) is 0. The fraction of sp³-hybridized carbons (Fsp3) is 0.400. The highest BCUT2D eigenvalue weighted by molar-refractivity contribution is 6.64. The Kier molecular flexibility index (Phi) is 2.72. The summed E-state index contributed by atoms with van der Waals surface area (Å²) in [7, 11) is -0.526. The van der Waals surface area contributed by atoms with Crippen molar-refractivity contribution in [3.05, 3.63) is 30.0 Å². The lowest BCUT2D eigenvalue weighted by Crippen LogP contribution is -2.41. The molecule has 1 aromatic carbocycles. The summed E-state index contributed by atoms with van der Waals surface area (Å²) in [6, 6.07) is 7.57. The molecule has 1 aliphatic heterocycles. The Morgan fingerprint density at radius 2 is 1.75 bits per heavy atom. The Balaban J connectivity index is 2.12. The van der Waals surface area contributed by atoms with Crippen molar-refractivity contribution < 1.29 is 13.7 Å². The molecular formula is C15H16BNO3. The molecule has 1 saturated heterocycles. The highest BCUT2D eigenvalue weighted by atomic mass is 16.7. The first-order chi connectivity index (χ1) is 9.34. The van der Waals surface area contributed by atoms with E-state index in [9.17, 15) is 0 Å². The van der Waals surface area contributed by atoms with Crippen molar-refractivity contribution in [3.63, 3.8) is 0 Å². The zero-order valence-corrected chi connectivity index (χ0v) is 12.1. The van der Waals surface area contributed by atoms with E-state index in [2.05, 4.69) is 6.07 Å². The van der Waals surface area contributed by atoms with Gasteiger partial charge in [0.1, 0.15) is 5.58 Å². The summed E-state index contributed by atoms with van der Waals surface area (Å²) in [6.45, 7) is 8.00. The molecule has 102 valence electrons. The van der Waals surface area contributed by atoms with Gasteiger partial charge in [-0.05, 0) is 45.9 Å². The normalized spacial score (nSPS) is 20.2. The van der Waals surface area contributed by atoms with Crippen LogP contribution in [0.5, 0.6) is 0 Å². The van der Waals surface area contributed by atoms with Crippen LogP contribution >= 0.6 is 0 Å². The molecule has 0 radical (unpaired) electrons. The molecule has 0 aliphatic carbocycles. The quantitative estimate of drug-likeness (QED) is 0.747. The third-order valence-corrected chi connectivity index (χ3v) is 4.22. The maximum atomic E-state index is 9.14.